The maximum Gasteiger partial charge on any atom is 0.237 e. The molecule has 0 bridgehead atoms. The maximum atomic E-state index is 13.5. The Morgan fingerprint density at radius 1 is 0.973 bits per heavy atom. The van der Waals surface area contributed by atoms with Gasteiger partial charge in [-0.1, -0.05) is 18.2 Å². The number of benzene rings is 2. The van der Waals surface area contributed by atoms with Gasteiger partial charge < -0.3 is 20.0 Å². The van der Waals surface area contributed by atoms with Crippen molar-refractivity contribution in [3.63, 3.8) is 0 Å². The van der Waals surface area contributed by atoms with E-state index in [4.69, 9.17) is 0 Å². The van der Waals surface area contributed by atoms with Gasteiger partial charge in [-0.25, -0.2) is 0 Å². The van der Waals surface area contributed by atoms with E-state index in [2.05, 4.69) is 44.3 Å². The van der Waals surface area contributed by atoms with Crippen LogP contribution in [0.3, 0.4) is 0 Å². The number of fused-ring (bicyclic) bond motifs is 1. The quantitative estimate of drug-likeness (QED) is 0.499. The molecule has 198 valence electrons. The summed E-state index contributed by atoms with van der Waals surface area (Å²) in [7, 11) is 4.02. The fourth-order valence-corrected chi connectivity index (χ4v) is 5.27. The summed E-state index contributed by atoms with van der Waals surface area (Å²) in [6, 6.07) is 15.7. The molecule has 37 heavy (non-hydrogen) atoms. The van der Waals surface area contributed by atoms with E-state index < -0.39 is 5.92 Å². The second kappa shape index (κ2) is 12.3. The number of rotatable bonds is 10. The summed E-state index contributed by atoms with van der Waals surface area (Å²) in [5.74, 6) is -1.10. The number of amides is 2. The summed E-state index contributed by atoms with van der Waals surface area (Å²) < 4.78 is 0. The lowest BCUT2D eigenvalue weighted by atomic mass is 9.86. The zero-order valence-electron chi connectivity index (χ0n) is 22.3. The van der Waals surface area contributed by atoms with E-state index in [0.29, 0.717) is 29.9 Å². The van der Waals surface area contributed by atoms with Crippen LogP contribution in [0, 0.1) is 5.92 Å². The lowest BCUT2D eigenvalue weighted by molar-refractivity contribution is -0.121. The molecular formula is C29H39N5O3. The van der Waals surface area contributed by atoms with E-state index in [1.807, 2.05) is 20.2 Å². The fraction of sp³-hybridized carbons (Fsp3) is 0.483. The minimum absolute atomic E-state index is 0.0996. The van der Waals surface area contributed by atoms with Gasteiger partial charge in [0, 0.05) is 56.6 Å². The van der Waals surface area contributed by atoms with Crippen LogP contribution in [-0.4, -0.2) is 87.3 Å². The molecule has 8 nitrogen and oxygen atoms in total. The number of carbonyl (C=O) groups is 3. The molecule has 0 spiro atoms. The van der Waals surface area contributed by atoms with Gasteiger partial charge in [0.1, 0.15) is 5.92 Å². The molecule has 2 heterocycles. The molecule has 1 fully saturated rings. The molecule has 0 aliphatic carbocycles. The highest BCUT2D eigenvalue weighted by Crippen LogP contribution is 2.35. The Labute approximate surface area is 220 Å². The van der Waals surface area contributed by atoms with E-state index in [1.54, 1.807) is 23.1 Å². The average molecular weight is 506 g/mol. The molecule has 8 heteroatoms. The average Bonchev–Trinajstić information content (AvgIpc) is 2.88. The lowest BCUT2D eigenvalue weighted by Crippen LogP contribution is -2.47. The van der Waals surface area contributed by atoms with Crippen molar-refractivity contribution in [3.8, 4) is 0 Å². The largest absolute Gasteiger partial charge is 0.369 e. The van der Waals surface area contributed by atoms with Crippen molar-refractivity contribution in [2.45, 2.75) is 26.2 Å². The minimum Gasteiger partial charge on any atom is -0.369 e. The molecule has 1 saturated heterocycles. The van der Waals surface area contributed by atoms with Crippen LogP contribution >= 0.6 is 0 Å². The topological polar surface area (TPSA) is 76.2 Å². The molecule has 0 radical (unpaired) electrons. The number of anilines is 3. The molecule has 2 aromatic rings. The van der Waals surface area contributed by atoms with Gasteiger partial charge in [0.05, 0.1) is 5.69 Å². The van der Waals surface area contributed by atoms with Gasteiger partial charge >= 0.3 is 0 Å². The highest BCUT2D eigenvalue weighted by atomic mass is 16.2. The van der Waals surface area contributed by atoms with Crippen LogP contribution in [0.5, 0.6) is 0 Å². The Morgan fingerprint density at radius 3 is 2.38 bits per heavy atom. The number of carbonyl (C=O) groups excluding carboxylic acids is 3. The number of hydrogen-bond donors (Lipinski definition) is 1. The predicted molar refractivity (Wildman–Crippen MR) is 148 cm³/mol. The standard InChI is InChI=1S/C29H39N5O3/c1-22(35)30-23-12-13-27-26(21-23)28(36)25(29(37)34(27)16-8-14-31(2)3)11-7-15-32-17-19-33(20-18-32)24-9-5-4-6-10-24/h4-6,9-10,12-13,21,25H,7-8,11,14-20H2,1-3H3,(H,30,35). The van der Waals surface area contributed by atoms with E-state index in [-0.39, 0.29) is 17.6 Å². The van der Waals surface area contributed by atoms with Crippen LogP contribution in [0.1, 0.15) is 36.5 Å². The molecule has 0 aromatic heterocycles. The number of Topliss-reactive ketones (excluding diaryl/α,β-unsaturated/α-hetero) is 1. The third-order valence-corrected chi connectivity index (χ3v) is 7.20. The predicted octanol–water partition coefficient (Wildman–Crippen LogP) is 3.34. The lowest BCUT2D eigenvalue weighted by Gasteiger charge is -2.37. The van der Waals surface area contributed by atoms with Gasteiger partial charge in [0.15, 0.2) is 5.78 Å². The number of hydrogen-bond acceptors (Lipinski definition) is 6. The van der Waals surface area contributed by atoms with Gasteiger partial charge in [0.25, 0.3) is 0 Å². The molecule has 2 aliphatic heterocycles. The van der Waals surface area contributed by atoms with Crippen LogP contribution < -0.4 is 15.1 Å². The fourth-order valence-electron chi connectivity index (χ4n) is 5.27. The summed E-state index contributed by atoms with van der Waals surface area (Å²) in [4.78, 5) is 47.3. The highest BCUT2D eigenvalue weighted by molar-refractivity contribution is 6.22. The summed E-state index contributed by atoms with van der Waals surface area (Å²) in [5, 5.41) is 2.76. The summed E-state index contributed by atoms with van der Waals surface area (Å²) >= 11 is 0. The van der Waals surface area contributed by atoms with Crippen LogP contribution in [0.25, 0.3) is 0 Å². The van der Waals surface area contributed by atoms with Gasteiger partial charge in [-0.15, -0.1) is 0 Å². The molecule has 2 amide bonds. The van der Waals surface area contributed by atoms with Crippen LogP contribution in [0.15, 0.2) is 48.5 Å². The first-order chi connectivity index (χ1) is 17.8. The van der Waals surface area contributed by atoms with Gasteiger partial charge in [-0.05, 0) is 76.8 Å². The Kier molecular flexibility index (Phi) is 8.95. The molecule has 1 N–H and O–H groups in total. The molecule has 1 atom stereocenters. The second-order valence-electron chi connectivity index (χ2n) is 10.3. The van der Waals surface area contributed by atoms with Crippen molar-refractivity contribution in [1.29, 1.82) is 0 Å². The molecule has 1 unspecified atom stereocenters. The first kappa shape index (κ1) is 26.8. The van der Waals surface area contributed by atoms with E-state index >= 15 is 0 Å². The smallest absolute Gasteiger partial charge is 0.237 e. The number of nitrogens with zero attached hydrogens (tertiary/aromatic N) is 4. The van der Waals surface area contributed by atoms with Crippen LogP contribution in [-0.2, 0) is 9.59 Å². The zero-order chi connectivity index (χ0) is 26.4. The normalized spacial score (nSPS) is 18.3. The van der Waals surface area contributed by atoms with Gasteiger partial charge in [0.2, 0.25) is 11.8 Å². The number of ketones is 1. The monoisotopic (exact) mass is 505 g/mol. The van der Waals surface area contributed by atoms with Crippen molar-refractivity contribution < 1.29 is 14.4 Å². The Balaban J connectivity index is 1.39. The minimum atomic E-state index is -0.676. The van der Waals surface area contributed by atoms with E-state index in [1.165, 1.54) is 12.6 Å². The van der Waals surface area contributed by atoms with Crippen molar-refractivity contribution in [1.82, 2.24) is 9.80 Å². The summed E-state index contributed by atoms with van der Waals surface area (Å²) in [6.07, 6.45) is 2.14. The molecule has 2 aliphatic rings. The van der Waals surface area contributed by atoms with E-state index in [0.717, 1.165) is 52.1 Å². The maximum absolute atomic E-state index is 13.5. The van der Waals surface area contributed by atoms with Crippen LogP contribution in [0.4, 0.5) is 17.1 Å². The number of piperazine rings is 1. The Morgan fingerprint density at radius 2 is 1.70 bits per heavy atom. The third-order valence-electron chi connectivity index (χ3n) is 7.20. The first-order valence-electron chi connectivity index (χ1n) is 13.3. The molecule has 2 aromatic carbocycles. The van der Waals surface area contributed by atoms with Crippen molar-refractivity contribution in [2.75, 3.05) is 75.0 Å². The molecule has 0 saturated carbocycles. The third kappa shape index (κ3) is 6.76. The SMILES string of the molecule is CC(=O)Nc1ccc2c(c1)C(=O)C(CCCN1CCN(c3ccccc3)CC1)C(=O)N2CCCN(C)C. The Hall–Kier alpha value is -3.23. The number of nitrogens with one attached hydrogen (secondary N) is 1. The Bertz CT molecular complexity index is 1100. The van der Waals surface area contributed by atoms with Gasteiger partial charge in [-0.2, -0.15) is 0 Å². The van der Waals surface area contributed by atoms with E-state index in [9.17, 15) is 14.4 Å². The molecule has 4 rings (SSSR count). The summed E-state index contributed by atoms with van der Waals surface area (Å²) in [5.41, 5.74) is 3.01. The number of para-hydroxylation sites is 1. The second-order valence-corrected chi connectivity index (χ2v) is 10.3. The zero-order valence-corrected chi connectivity index (χ0v) is 22.3. The summed E-state index contributed by atoms with van der Waals surface area (Å²) in [6.45, 7) is 7.64. The highest BCUT2D eigenvalue weighted by Gasteiger charge is 2.39. The van der Waals surface area contributed by atoms with Crippen molar-refractivity contribution >= 4 is 34.7 Å². The first-order valence-corrected chi connectivity index (χ1v) is 13.3. The van der Waals surface area contributed by atoms with Gasteiger partial charge in [-0.3, -0.25) is 19.3 Å². The van der Waals surface area contributed by atoms with Crippen molar-refractivity contribution in [2.24, 2.45) is 5.92 Å². The van der Waals surface area contributed by atoms with Crippen molar-refractivity contribution in [3.05, 3.63) is 54.1 Å². The molecular weight excluding hydrogens is 466 g/mol. The van der Waals surface area contributed by atoms with Crippen LogP contribution in [0.2, 0.25) is 0 Å².